The Labute approximate surface area is 139 Å². The van der Waals surface area contributed by atoms with Gasteiger partial charge in [0.25, 0.3) is 0 Å². The lowest BCUT2D eigenvalue weighted by Gasteiger charge is -2.40. The van der Waals surface area contributed by atoms with Gasteiger partial charge in [0.15, 0.2) is 0 Å². The van der Waals surface area contributed by atoms with Crippen LogP contribution < -0.4 is 0 Å². The summed E-state index contributed by atoms with van der Waals surface area (Å²) >= 11 is 0. The molecule has 0 unspecified atom stereocenters. The predicted molar refractivity (Wildman–Crippen MR) is 94.5 cm³/mol. The van der Waals surface area contributed by atoms with Crippen molar-refractivity contribution in [3.05, 3.63) is 71.3 Å². The first kappa shape index (κ1) is 15.9. The molecular formula is C21H25NO. The molecule has 0 radical (unpaired) electrons. The lowest BCUT2D eigenvalue weighted by molar-refractivity contribution is -0.124. The molecule has 1 aliphatic heterocycles. The van der Waals surface area contributed by atoms with Crippen molar-refractivity contribution < 1.29 is 4.79 Å². The quantitative estimate of drug-likeness (QED) is 0.847. The molecule has 0 amide bonds. The number of hydrogen-bond acceptors (Lipinski definition) is 2. The van der Waals surface area contributed by atoms with Gasteiger partial charge in [0.1, 0.15) is 5.78 Å². The first-order valence-corrected chi connectivity index (χ1v) is 8.45. The van der Waals surface area contributed by atoms with Crippen LogP contribution in [0, 0.1) is 6.92 Å². The molecule has 120 valence electrons. The maximum absolute atomic E-state index is 12.5. The Morgan fingerprint density at radius 3 is 2.35 bits per heavy atom. The number of benzene rings is 2. The van der Waals surface area contributed by atoms with Gasteiger partial charge in [-0.2, -0.15) is 0 Å². The van der Waals surface area contributed by atoms with E-state index in [1.165, 1.54) is 16.7 Å². The second-order valence-corrected chi connectivity index (χ2v) is 6.77. The zero-order chi connectivity index (χ0) is 16.3. The Morgan fingerprint density at radius 2 is 1.74 bits per heavy atom. The number of hydrogen-bond donors (Lipinski definition) is 0. The summed E-state index contributed by atoms with van der Waals surface area (Å²) in [6.45, 7) is 6.78. The van der Waals surface area contributed by atoms with Crippen molar-refractivity contribution in [3.63, 3.8) is 0 Å². The van der Waals surface area contributed by atoms with Gasteiger partial charge in [0, 0.05) is 6.54 Å². The largest absolute Gasteiger partial charge is 0.299 e. The van der Waals surface area contributed by atoms with Gasteiger partial charge < -0.3 is 0 Å². The second-order valence-electron chi connectivity index (χ2n) is 6.77. The fourth-order valence-electron chi connectivity index (χ4n) is 3.72. The molecule has 1 saturated heterocycles. The van der Waals surface area contributed by atoms with Crippen LogP contribution in [0.5, 0.6) is 0 Å². The molecule has 23 heavy (non-hydrogen) atoms. The van der Waals surface area contributed by atoms with Crippen molar-refractivity contribution in [3.8, 4) is 0 Å². The molecule has 0 saturated carbocycles. The summed E-state index contributed by atoms with van der Waals surface area (Å²) in [5.41, 5.74) is 3.48. The van der Waals surface area contributed by atoms with Gasteiger partial charge in [0.2, 0.25) is 0 Å². The van der Waals surface area contributed by atoms with Crippen LogP contribution in [-0.2, 0) is 16.8 Å². The van der Waals surface area contributed by atoms with E-state index >= 15 is 0 Å². The van der Waals surface area contributed by atoms with Crippen molar-refractivity contribution in [2.75, 3.05) is 13.1 Å². The standard InChI is InChI=1S/C21H25NO/c1-17-7-6-10-20(15-17)21(18(2)23)11-13-22(14-12-21)16-19-8-4-3-5-9-19/h3-10,15H,11-14,16H2,1-2H3. The number of likely N-dealkylation sites (tertiary alicyclic amines) is 1. The van der Waals surface area contributed by atoms with Gasteiger partial charge in [-0.05, 0) is 50.9 Å². The van der Waals surface area contributed by atoms with Gasteiger partial charge in [0.05, 0.1) is 5.41 Å². The minimum Gasteiger partial charge on any atom is -0.299 e. The predicted octanol–water partition coefficient (Wildman–Crippen LogP) is 4.12. The van der Waals surface area contributed by atoms with E-state index in [0.717, 1.165) is 32.5 Å². The minimum atomic E-state index is -0.292. The molecule has 1 heterocycles. The topological polar surface area (TPSA) is 20.3 Å². The number of nitrogens with zero attached hydrogens (tertiary/aromatic N) is 1. The van der Waals surface area contributed by atoms with Gasteiger partial charge in [-0.25, -0.2) is 0 Å². The van der Waals surface area contributed by atoms with E-state index in [0.29, 0.717) is 5.78 Å². The van der Waals surface area contributed by atoms with Crippen LogP contribution in [0.15, 0.2) is 54.6 Å². The second kappa shape index (κ2) is 6.67. The van der Waals surface area contributed by atoms with E-state index in [9.17, 15) is 4.79 Å². The number of Topliss-reactive ketones (excluding diaryl/α,β-unsaturated/α-hetero) is 1. The van der Waals surface area contributed by atoms with Crippen LogP contribution in [0.25, 0.3) is 0 Å². The van der Waals surface area contributed by atoms with Gasteiger partial charge in [-0.15, -0.1) is 0 Å². The van der Waals surface area contributed by atoms with E-state index in [1.54, 1.807) is 6.92 Å². The summed E-state index contributed by atoms with van der Waals surface area (Å²) in [5.74, 6) is 0.308. The summed E-state index contributed by atoms with van der Waals surface area (Å²) in [7, 11) is 0. The SMILES string of the molecule is CC(=O)C1(c2cccc(C)c2)CCN(Cc2ccccc2)CC1. The number of carbonyl (C=O) groups is 1. The van der Waals surface area contributed by atoms with Crippen molar-refractivity contribution in [2.45, 2.75) is 38.6 Å². The van der Waals surface area contributed by atoms with Gasteiger partial charge >= 0.3 is 0 Å². The minimum absolute atomic E-state index is 0.292. The molecule has 0 spiro atoms. The van der Waals surface area contributed by atoms with Crippen molar-refractivity contribution >= 4 is 5.78 Å². The van der Waals surface area contributed by atoms with E-state index in [1.807, 2.05) is 0 Å². The average Bonchev–Trinajstić information content (AvgIpc) is 2.56. The molecule has 2 aromatic carbocycles. The van der Waals surface area contributed by atoms with Crippen molar-refractivity contribution in [1.29, 1.82) is 0 Å². The fraction of sp³-hybridized carbons (Fsp3) is 0.381. The number of carbonyl (C=O) groups excluding carboxylic acids is 1. The smallest absolute Gasteiger partial charge is 0.140 e. The van der Waals surface area contributed by atoms with Crippen LogP contribution in [0.3, 0.4) is 0 Å². The van der Waals surface area contributed by atoms with E-state index in [2.05, 4.69) is 66.4 Å². The summed E-state index contributed by atoms with van der Waals surface area (Å²) < 4.78 is 0. The highest BCUT2D eigenvalue weighted by molar-refractivity contribution is 5.88. The van der Waals surface area contributed by atoms with Crippen LogP contribution in [-0.4, -0.2) is 23.8 Å². The zero-order valence-electron chi connectivity index (χ0n) is 14.1. The van der Waals surface area contributed by atoms with Crippen molar-refractivity contribution in [1.82, 2.24) is 4.90 Å². The summed E-state index contributed by atoms with van der Waals surface area (Å²) in [5, 5.41) is 0. The first-order valence-electron chi connectivity index (χ1n) is 8.45. The van der Waals surface area contributed by atoms with E-state index < -0.39 is 0 Å². The Bertz CT molecular complexity index is 669. The number of ketones is 1. The Hall–Kier alpha value is -1.93. The zero-order valence-corrected chi connectivity index (χ0v) is 14.1. The highest BCUT2D eigenvalue weighted by Gasteiger charge is 2.40. The van der Waals surface area contributed by atoms with Crippen LogP contribution in [0.4, 0.5) is 0 Å². The third kappa shape index (κ3) is 3.37. The third-order valence-electron chi connectivity index (χ3n) is 5.20. The number of aryl methyl sites for hydroxylation is 1. The van der Waals surface area contributed by atoms with Crippen LogP contribution >= 0.6 is 0 Å². The molecule has 3 rings (SSSR count). The molecule has 0 aliphatic carbocycles. The van der Waals surface area contributed by atoms with Crippen molar-refractivity contribution in [2.24, 2.45) is 0 Å². The summed E-state index contributed by atoms with van der Waals surface area (Å²) in [6, 6.07) is 19.1. The van der Waals surface area contributed by atoms with Gasteiger partial charge in [-0.3, -0.25) is 9.69 Å². The molecule has 1 fully saturated rings. The number of piperidine rings is 1. The normalized spacial score (nSPS) is 17.8. The first-order chi connectivity index (χ1) is 11.1. The molecule has 2 aromatic rings. The Kier molecular flexibility index (Phi) is 4.63. The third-order valence-corrected chi connectivity index (χ3v) is 5.20. The fourth-order valence-corrected chi connectivity index (χ4v) is 3.72. The lowest BCUT2D eigenvalue weighted by atomic mass is 9.70. The molecular weight excluding hydrogens is 282 g/mol. The Morgan fingerprint density at radius 1 is 1.04 bits per heavy atom. The molecule has 0 N–H and O–H groups in total. The average molecular weight is 307 g/mol. The summed E-state index contributed by atoms with van der Waals surface area (Å²) in [6.07, 6.45) is 1.83. The molecule has 0 bridgehead atoms. The maximum Gasteiger partial charge on any atom is 0.140 e. The van der Waals surface area contributed by atoms with Gasteiger partial charge in [-0.1, -0.05) is 60.2 Å². The highest BCUT2D eigenvalue weighted by Crippen LogP contribution is 2.37. The summed E-state index contributed by atoms with van der Waals surface area (Å²) in [4.78, 5) is 14.9. The van der Waals surface area contributed by atoms with Crippen LogP contribution in [0.1, 0.15) is 36.5 Å². The highest BCUT2D eigenvalue weighted by atomic mass is 16.1. The van der Waals surface area contributed by atoms with Crippen LogP contribution in [0.2, 0.25) is 0 Å². The molecule has 0 atom stereocenters. The number of rotatable bonds is 4. The molecule has 1 aliphatic rings. The molecule has 0 aromatic heterocycles. The Balaban J connectivity index is 1.75. The molecule has 2 heteroatoms. The monoisotopic (exact) mass is 307 g/mol. The van der Waals surface area contributed by atoms with E-state index in [-0.39, 0.29) is 5.41 Å². The van der Waals surface area contributed by atoms with E-state index in [4.69, 9.17) is 0 Å². The molecule has 2 nitrogen and oxygen atoms in total. The maximum atomic E-state index is 12.5. The lowest BCUT2D eigenvalue weighted by Crippen LogP contribution is -2.46.